The lowest BCUT2D eigenvalue weighted by Crippen LogP contribution is -2.02. The average molecular weight is 305 g/mol. The summed E-state index contributed by atoms with van der Waals surface area (Å²) in [6.07, 6.45) is 0.195. The second-order valence-corrected chi connectivity index (χ2v) is 5.69. The zero-order valence-corrected chi connectivity index (χ0v) is 12.2. The van der Waals surface area contributed by atoms with Crippen LogP contribution in [0.15, 0.2) is 46.9 Å². The van der Waals surface area contributed by atoms with E-state index in [4.69, 9.17) is 0 Å². The van der Waals surface area contributed by atoms with E-state index in [2.05, 4.69) is 41.1 Å². The third-order valence-electron chi connectivity index (χ3n) is 2.96. The van der Waals surface area contributed by atoms with Gasteiger partial charge in [0.15, 0.2) is 0 Å². The molecule has 0 aromatic heterocycles. The normalized spacial score (nSPS) is 12.4. The summed E-state index contributed by atoms with van der Waals surface area (Å²) < 4.78 is 1.01. The first-order valence-corrected chi connectivity index (χ1v) is 6.84. The van der Waals surface area contributed by atoms with Gasteiger partial charge in [-0.1, -0.05) is 51.8 Å². The lowest BCUT2D eigenvalue weighted by molar-refractivity contribution is 0.178. The molecule has 0 radical (unpaired) electrons. The number of aliphatic hydroxyl groups excluding tert-OH is 1. The summed E-state index contributed by atoms with van der Waals surface area (Å²) >= 11 is 3.47. The van der Waals surface area contributed by atoms with Gasteiger partial charge < -0.3 is 5.11 Å². The van der Waals surface area contributed by atoms with E-state index in [1.54, 1.807) is 0 Å². The quantitative estimate of drug-likeness (QED) is 0.894. The van der Waals surface area contributed by atoms with Gasteiger partial charge in [0.1, 0.15) is 0 Å². The van der Waals surface area contributed by atoms with Crippen molar-refractivity contribution in [2.45, 2.75) is 26.4 Å². The average Bonchev–Trinajstić information content (AvgIpc) is 2.27. The molecule has 1 N–H and O–H groups in total. The Bertz CT molecular complexity index is 528. The fourth-order valence-electron chi connectivity index (χ4n) is 2.14. The maximum atomic E-state index is 10.3. The Labute approximate surface area is 117 Å². The number of hydrogen-bond donors (Lipinski definition) is 1. The van der Waals surface area contributed by atoms with Gasteiger partial charge in [0.25, 0.3) is 0 Å². The zero-order chi connectivity index (χ0) is 13.1. The molecule has 0 aliphatic carbocycles. The van der Waals surface area contributed by atoms with Gasteiger partial charge in [0, 0.05) is 10.9 Å². The SMILES string of the molecule is Cc1cccc(CC(O)c2cc(C)cc(Br)c2)c1. The fourth-order valence-corrected chi connectivity index (χ4v) is 2.76. The summed E-state index contributed by atoms with van der Waals surface area (Å²) in [5, 5.41) is 10.3. The molecule has 0 heterocycles. The highest BCUT2D eigenvalue weighted by atomic mass is 79.9. The van der Waals surface area contributed by atoms with Crippen LogP contribution in [0.5, 0.6) is 0 Å². The molecular formula is C16H17BrO. The Kier molecular flexibility index (Phi) is 4.20. The van der Waals surface area contributed by atoms with Gasteiger partial charge in [-0.25, -0.2) is 0 Å². The highest BCUT2D eigenvalue weighted by Gasteiger charge is 2.09. The summed E-state index contributed by atoms with van der Waals surface area (Å²) in [5.41, 5.74) is 4.51. The summed E-state index contributed by atoms with van der Waals surface area (Å²) in [6.45, 7) is 4.10. The number of aliphatic hydroxyl groups is 1. The van der Waals surface area contributed by atoms with Crippen LogP contribution in [0.25, 0.3) is 0 Å². The summed E-state index contributed by atoms with van der Waals surface area (Å²) in [5.74, 6) is 0. The Morgan fingerprint density at radius 2 is 1.83 bits per heavy atom. The topological polar surface area (TPSA) is 20.2 Å². The van der Waals surface area contributed by atoms with E-state index < -0.39 is 6.10 Å². The molecule has 1 nitrogen and oxygen atoms in total. The number of rotatable bonds is 3. The molecule has 2 heteroatoms. The van der Waals surface area contributed by atoms with Crippen LogP contribution in [-0.2, 0) is 6.42 Å². The predicted molar refractivity (Wildman–Crippen MR) is 78.7 cm³/mol. The number of halogens is 1. The molecule has 2 aromatic carbocycles. The van der Waals surface area contributed by atoms with Crippen molar-refractivity contribution in [3.8, 4) is 0 Å². The van der Waals surface area contributed by atoms with Crippen molar-refractivity contribution < 1.29 is 5.11 Å². The molecule has 0 saturated heterocycles. The van der Waals surface area contributed by atoms with Crippen molar-refractivity contribution in [3.05, 3.63) is 69.2 Å². The first-order valence-electron chi connectivity index (χ1n) is 6.05. The van der Waals surface area contributed by atoms with E-state index in [9.17, 15) is 5.11 Å². The van der Waals surface area contributed by atoms with Gasteiger partial charge in [-0.2, -0.15) is 0 Å². The minimum atomic E-state index is -0.456. The molecular weight excluding hydrogens is 288 g/mol. The van der Waals surface area contributed by atoms with E-state index in [1.807, 2.05) is 31.2 Å². The molecule has 1 unspecified atom stereocenters. The summed E-state index contributed by atoms with van der Waals surface area (Å²) in [6, 6.07) is 14.3. The summed E-state index contributed by atoms with van der Waals surface area (Å²) in [4.78, 5) is 0. The summed E-state index contributed by atoms with van der Waals surface area (Å²) in [7, 11) is 0. The third kappa shape index (κ3) is 3.44. The Hall–Kier alpha value is -1.12. The highest BCUT2D eigenvalue weighted by Crippen LogP contribution is 2.23. The van der Waals surface area contributed by atoms with Crippen LogP contribution in [0.3, 0.4) is 0 Å². The number of hydrogen-bond acceptors (Lipinski definition) is 1. The monoisotopic (exact) mass is 304 g/mol. The van der Waals surface area contributed by atoms with E-state index >= 15 is 0 Å². The van der Waals surface area contributed by atoms with Crippen LogP contribution in [0.4, 0.5) is 0 Å². The van der Waals surface area contributed by atoms with Gasteiger partial charge in [0.2, 0.25) is 0 Å². The highest BCUT2D eigenvalue weighted by molar-refractivity contribution is 9.10. The largest absolute Gasteiger partial charge is 0.388 e. The first-order chi connectivity index (χ1) is 8.54. The van der Waals surface area contributed by atoms with Gasteiger partial charge in [-0.3, -0.25) is 0 Å². The van der Waals surface area contributed by atoms with Crippen molar-refractivity contribution in [2.24, 2.45) is 0 Å². The standard InChI is InChI=1S/C16H17BrO/c1-11-4-3-5-13(6-11)9-16(18)14-7-12(2)8-15(17)10-14/h3-8,10,16,18H,9H2,1-2H3. The van der Waals surface area contributed by atoms with E-state index in [1.165, 1.54) is 11.1 Å². The first kappa shape index (κ1) is 13.3. The number of benzene rings is 2. The molecule has 0 bridgehead atoms. The van der Waals surface area contributed by atoms with Crippen LogP contribution in [0, 0.1) is 13.8 Å². The van der Waals surface area contributed by atoms with Gasteiger partial charge in [-0.15, -0.1) is 0 Å². The second kappa shape index (κ2) is 5.68. The predicted octanol–water partition coefficient (Wildman–Crippen LogP) is 4.34. The van der Waals surface area contributed by atoms with Crippen LogP contribution in [0.2, 0.25) is 0 Å². The third-order valence-corrected chi connectivity index (χ3v) is 3.42. The van der Waals surface area contributed by atoms with Gasteiger partial charge in [-0.05, 0) is 42.7 Å². The molecule has 0 aliphatic heterocycles. The fraction of sp³-hybridized carbons (Fsp3) is 0.250. The van der Waals surface area contributed by atoms with E-state index in [-0.39, 0.29) is 0 Å². The van der Waals surface area contributed by atoms with Crippen LogP contribution in [-0.4, -0.2) is 5.11 Å². The van der Waals surface area contributed by atoms with Gasteiger partial charge in [0.05, 0.1) is 6.10 Å². The molecule has 1 atom stereocenters. The van der Waals surface area contributed by atoms with Crippen molar-refractivity contribution in [1.82, 2.24) is 0 Å². The van der Waals surface area contributed by atoms with E-state index in [0.717, 1.165) is 15.6 Å². The minimum Gasteiger partial charge on any atom is -0.388 e. The lowest BCUT2D eigenvalue weighted by Gasteiger charge is -2.13. The maximum absolute atomic E-state index is 10.3. The van der Waals surface area contributed by atoms with Crippen molar-refractivity contribution in [2.75, 3.05) is 0 Å². The molecule has 0 aliphatic rings. The van der Waals surface area contributed by atoms with Gasteiger partial charge >= 0.3 is 0 Å². The zero-order valence-electron chi connectivity index (χ0n) is 10.7. The molecule has 94 valence electrons. The molecule has 0 amide bonds. The van der Waals surface area contributed by atoms with Crippen molar-refractivity contribution in [3.63, 3.8) is 0 Å². The molecule has 0 spiro atoms. The Morgan fingerprint density at radius 3 is 2.50 bits per heavy atom. The smallest absolute Gasteiger partial charge is 0.0830 e. The molecule has 2 aromatic rings. The van der Waals surface area contributed by atoms with Crippen LogP contribution in [0.1, 0.15) is 28.4 Å². The van der Waals surface area contributed by atoms with Crippen molar-refractivity contribution >= 4 is 15.9 Å². The molecule has 0 saturated carbocycles. The van der Waals surface area contributed by atoms with Crippen LogP contribution < -0.4 is 0 Å². The minimum absolute atomic E-state index is 0.456. The second-order valence-electron chi connectivity index (χ2n) is 4.77. The van der Waals surface area contributed by atoms with E-state index in [0.29, 0.717) is 6.42 Å². The maximum Gasteiger partial charge on any atom is 0.0830 e. The molecule has 18 heavy (non-hydrogen) atoms. The number of aryl methyl sites for hydroxylation is 2. The molecule has 0 fully saturated rings. The van der Waals surface area contributed by atoms with Crippen molar-refractivity contribution in [1.29, 1.82) is 0 Å². The Balaban J connectivity index is 2.19. The lowest BCUT2D eigenvalue weighted by atomic mass is 9.99. The molecule has 2 rings (SSSR count). The Morgan fingerprint density at radius 1 is 1.06 bits per heavy atom. The van der Waals surface area contributed by atoms with Crippen LogP contribution >= 0.6 is 15.9 Å².